The summed E-state index contributed by atoms with van der Waals surface area (Å²) < 4.78 is 20.1. The lowest BCUT2D eigenvalue weighted by molar-refractivity contribution is 0.289. The molecule has 4 aromatic rings. The molecule has 0 spiro atoms. The quantitative estimate of drug-likeness (QED) is 0.206. The SMILES string of the molecule is CC(=N)c1cc(-c2nc(N)c(N=O)c(N)n2)c(OCc2ccccc2F)nc1Nc1ccccc1. The van der Waals surface area contributed by atoms with Crippen molar-refractivity contribution in [2.45, 2.75) is 13.5 Å². The fraction of sp³-hybridized carbons (Fsp3) is 0.0833. The summed E-state index contributed by atoms with van der Waals surface area (Å²) >= 11 is 0. The number of pyridine rings is 1. The van der Waals surface area contributed by atoms with E-state index >= 15 is 0 Å². The van der Waals surface area contributed by atoms with Gasteiger partial charge in [-0.1, -0.05) is 36.4 Å². The summed E-state index contributed by atoms with van der Waals surface area (Å²) in [5.41, 5.74) is 13.3. The summed E-state index contributed by atoms with van der Waals surface area (Å²) in [5.74, 6) is -0.485. The lowest BCUT2D eigenvalue weighted by Gasteiger charge is -2.17. The summed E-state index contributed by atoms with van der Waals surface area (Å²) in [6.07, 6.45) is 0. The Morgan fingerprint density at radius 1 is 1.06 bits per heavy atom. The minimum absolute atomic E-state index is 0.0113. The molecule has 0 aliphatic heterocycles. The molecule has 0 radical (unpaired) electrons. The van der Waals surface area contributed by atoms with Crippen molar-refractivity contribution < 1.29 is 9.13 Å². The van der Waals surface area contributed by atoms with E-state index < -0.39 is 5.82 Å². The van der Waals surface area contributed by atoms with Crippen LogP contribution in [0, 0.1) is 16.1 Å². The first-order valence-electron chi connectivity index (χ1n) is 10.4. The molecule has 176 valence electrons. The van der Waals surface area contributed by atoms with Gasteiger partial charge in [-0.15, -0.1) is 4.91 Å². The highest BCUT2D eigenvalue weighted by Gasteiger charge is 2.21. The molecule has 35 heavy (non-hydrogen) atoms. The first-order chi connectivity index (χ1) is 16.9. The highest BCUT2D eigenvalue weighted by Crippen LogP contribution is 2.36. The van der Waals surface area contributed by atoms with Crippen LogP contribution in [0.2, 0.25) is 0 Å². The molecule has 0 unspecified atom stereocenters. The molecule has 2 aromatic heterocycles. The number of nitrogens with zero attached hydrogens (tertiary/aromatic N) is 4. The molecular weight excluding hydrogens is 451 g/mol. The van der Waals surface area contributed by atoms with Gasteiger partial charge in [0.05, 0.1) is 5.56 Å². The number of nitrogens with two attached hydrogens (primary N) is 2. The van der Waals surface area contributed by atoms with Gasteiger partial charge in [-0.05, 0) is 36.4 Å². The molecule has 0 bridgehead atoms. The second kappa shape index (κ2) is 9.91. The summed E-state index contributed by atoms with van der Waals surface area (Å²) in [7, 11) is 0. The largest absolute Gasteiger partial charge is 0.472 e. The van der Waals surface area contributed by atoms with Crippen molar-refractivity contribution in [1.29, 1.82) is 5.41 Å². The van der Waals surface area contributed by atoms with Gasteiger partial charge in [-0.2, -0.15) is 4.98 Å². The van der Waals surface area contributed by atoms with Crippen LogP contribution in [0.4, 0.5) is 33.2 Å². The maximum absolute atomic E-state index is 14.2. The van der Waals surface area contributed by atoms with Crippen LogP contribution in [-0.2, 0) is 6.61 Å². The number of nitrogens with one attached hydrogen (secondary N) is 2. The van der Waals surface area contributed by atoms with Crippen LogP contribution in [0.15, 0.2) is 65.8 Å². The third-order valence-electron chi connectivity index (χ3n) is 5.02. The zero-order valence-electron chi connectivity index (χ0n) is 18.6. The molecule has 0 fully saturated rings. The fourth-order valence-electron chi connectivity index (χ4n) is 3.27. The van der Waals surface area contributed by atoms with Crippen molar-refractivity contribution in [1.82, 2.24) is 15.0 Å². The second-order valence-electron chi connectivity index (χ2n) is 7.49. The van der Waals surface area contributed by atoms with E-state index in [1.807, 2.05) is 30.3 Å². The van der Waals surface area contributed by atoms with Gasteiger partial charge in [0.15, 0.2) is 23.1 Å². The van der Waals surface area contributed by atoms with Crippen molar-refractivity contribution in [3.63, 3.8) is 0 Å². The van der Waals surface area contributed by atoms with Gasteiger partial charge in [0, 0.05) is 22.5 Å². The van der Waals surface area contributed by atoms with Crippen molar-refractivity contribution in [3.05, 3.63) is 82.5 Å². The third kappa shape index (κ3) is 5.03. The van der Waals surface area contributed by atoms with Crippen molar-refractivity contribution in [3.8, 4) is 17.3 Å². The maximum Gasteiger partial charge on any atom is 0.226 e. The summed E-state index contributed by atoms with van der Waals surface area (Å²) in [4.78, 5) is 23.8. The van der Waals surface area contributed by atoms with E-state index in [1.165, 1.54) is 6.07 Å². The first-order valence-corrected chi connectivity index (χ1v) is 10.4. The Bertz CT molecular complexity index is 1390. The van der Waals surface area contributed by atoms with Crippen LogP contribution in [0.3, 0.4) is 0 Å². The summed E-state index contributed by atoms with van der Waals surface area (Å²) in [6, 6.07) is 17.0. The van der Waals surface area contributed by atoms with Gasteiger partial charge in [-0.3, -0.25) is 0 Å². The number of ether oxygens (including phenoxy) is 1. The van der Waals surface area contributed by atoms with E-state index in [-0.39, 0.29) is 46.9 Å². The monoisotopic (exact) mass is 472 g/mol. The van der Waals surface area contributed by atoms with E-state index in [0.29, 0.717) is 16.9 Å². The Hall–Kier alpha value is -4.93. The van der Waals surface area contributed by atoms with E-state index in [9.17, 15) is 9.30 Å². The minimum Gasteiger partial charge on any atom is -0.472 e. The molecule has 0 atom stereocenters. The van der Waals surface area contributed by atoms with Gasteiger partial charge in [0.1, 0.15) is 18.2 Å². The van der Waals surface area contributed by atoms with Crippen molar-refractivity contribution >= 4 is 34.5 Å². The van der Waals surface area contributed by atoms with Gasteiger partial charge < -0.3 is 26.9 Å². The van der Waals surface area contributed by atoms with Crippen LogP contribution < -0.4 is 21.5 Å². The summed E-state index contributed by atoms with van der Waals surface area (Å²) in [5, 5.41) is 14.2. The Labute approximate surface area is 199 Å². The lowest BCUT2D eigenvalue weighted by Crippen LogP contribution is -2.09. The van der Waals surface area contributed by atoms with E-state index in [0.717, 1.165) is 5.69 Å². The van der Waals surface area contributed by atoms with Crippen molar-refractivity contribution in [2.75, 3.05) is 16.8 Å². The number of rotatable bonds is 8. The Kier molecular flexibility index (Phi) is 6.58. The number of benzene rings is 2. The van der Waals surface area contributed by atoms with Gasteiger partial charge >= 0.3 is 0 Å². The molecule has 2 aromatic carbocycles. The van der Waals surface area contributed by atoms with E-state index in [2.05, 4.69) is 25.4 Å². The van der Waals surface area contributed by atoms with Crippen LogP contribution in [0.25, 0.3) is 11.4 Å². The van der Waals surface area contributed by atoms with Crippen molar-refractivity contribution in [2.24, 2.45) is 5.18 Å². The van der Waals surface area contributed by atoms with E-state index in [4.69, 9.17) is 21.6 Å². The molecule has 0 saturated carbocycles. The predicted octanol–water partition coefficient (Wildman–Crippen LogP) is 4.95. The van der Waals surface area contributed by atoms with Crippen LogP contribution >= 0.6 is 0 Å². The van der Waals surface area contributed by atoms with Gasteiger partial charge in [0.2, 0.25) is 5.88 Å². The first kappa shape index (κ1) is 23.2. The number of nitrogen functional groups attached to an aromatic ring is 2. The minimum atomic E-state index is -0.435. The van der Waals surface area contributed by atoms with Crippen LogP contribution in [0.1, 0.15) is 18.1 Å². The van der Waals surface area contributed by atoms with E-state index in [1.54, 1.807) is 31.2 Å². The average molecular weight is 472 g/mol. The molecule has 0 amide bonds. The summed E-state index contributed by atoms with van der Waals surface area (Å²) in [6.45, 7) is 1.46. The van der Waals surface area contributed by atoms with Gasteiger partial charge in [0.25, 0.3) is 0 Å². The Balaban J connectivity index is 1.85. The number of halogens is 1. The van der Waals surface area contributed by atoms with Gasteiger partial charge in [-0.25, -0.2) is 14.4 Å². The topological polar surface area (TPSA) is 165 Å². The smallest absolute Gasteiger partial charge is 0.226 e. The molecule has 0 aliphatic rings. The molecule has 2 heterocycles. The average Bonchev–Trinajstić information content (AvgIpc) is 2.84. The highest BCUT2D eigenvalue weighted by molar-refractivity contribution is 6.02. The third-order valence-corrected chi connectivity index (χ3v) is 5.02. The highest BCUT2D eigenvalue weighted by atomic mass is 19.1. The number of para-hydroxylation sites is 1. The van der Waals surface area contributed by atoms with Crippen LogP contribution in [0.5, 0.6) is 5.88 Å². The standard InChI is InChI=1S/C24H21FN8O2/c1-13(26)16-11-17(23-30-20(27)19(33-34)21(28)31-23)24(35-12-14-7-5-6-10-18(14)25)32-22(16)29-15-8-3-2-4-9-15/h2-11,26H,12H2,1H3,(H,29,32)(H4,27,28,30,31). The zero-order valence-corrected chi connectivity index (χ0v) is 18.6. The molecular formula is C24H21FN8O2. The number of hydrogen-bond acceptors (Lipinski definition) is 10. The number of anilines is 4. The molecule has 6 N–H and O–H groups in total. The molecule has 11 heteroatoms. The predicted molar refractivity (Wildman–Crippen MR) is 133 cm³/mol. The maximum atomic E-state index is 14.2. The zero-order chi connectivity index (χ0) is 24.9. The number of nitroso groups, excluding NO2 is 1. The number of hydrogen-bond donors (Lipinski definition) is 4. The Morgan fingerprint density at radius 3 is 2.34 bits per heavy atom. The Morgan fingerprint density at radius 2 is 1.71 bits per heavy atom. The van der Waals surface area contributed by atoms with Crippen LogP contribution in [-0.4, -0.2) is 20.7 Å². The second-order valence-corrected chi connectivity index (χ2v) is 7.49. The molecule has 10 nitrogen and oxygen atoms in total. The molecule has 0 saturated heterocycles. The fourth-order valence-corrected chi connectivity index (χ4v) is 3.27. The normalized spacial score (nSPS) is 10.6. The molecule has 4 rings (SSSR count). The number of aromatic nitrogens is 3. The lowest BCUT2D eigenvalue weighted by atomic mass is 10.1. The molecule has 0 aliphatic carbocycles.